The third-order valence-corrected chi connectivity index (χ3v) is 1.67. The molecule has 0 fully saturated rings. The lowest BCUT2D eigenvalue weighted by Crippen LogP contribution is -2.06. The summed E-state index contributed by atoms with van der Waals surface area (Å²) < 4.78 is 5.19. The van der Waals surface area contributed by atoms with Gasteiger partial charge in [-0.1, -0.05) is 5.57 Å². The minimum absolute atomic E-state index is 0.853. The van der Waals surface area contributed by atoms with Crippen LogP contribution in [0, 0.1) is 12.3 Å². The van der Waals surface area contributed by atoms with Gasteiger partial charge in [-0.2, -0.15) is 0 Å². The number of ether oxygens (including phenoxy) is 1. The molecule has 0 unspecified atom stereocenters. The minimum Gasteiger partial charge on any atom is -0.377 e. The molecule has 0 spiro atoms. The summed E-state index contributed by atoms with van der Waals surface area (Å²) in [5, 5.41) is 0. The third-order valence-electron chi connectivity index (χ3n) is 1.67. The Morgan fingerprint density at radius 2 is 1.77 bits per heavy atom. The first-order valence-electron chi connectivity index (χ1n) is 4.32. The molecule has 0 aromatic carbocycles. The van der Waals surface area contributed by atoms with Crippen LogP contribution in [0.2, 0.25) is 0 Å². The molecule has 0 aromatic heterocycles. The Morgan fingerprint density at radius 3 is 2.00 bits per heavy atom. The highest BCUT2D eigenvalue weighted by Crippen LogP contribution is 2.12. The second-order valence-electron chi connectivity index (χ2n) is 2.65. The highest BCUT2D eigenvalue weighted by atomic mass is 16.5. The van der Waals surface area contributed by atoms with Gasteiger partial charge in [-0.25, -0.2) is 0 Å². The lowest BCUT2D eigenvalue weighted by atomic mass is 10.1. The van der Waals surface area contributed by atoms with Gasteiger partial charge in [0.05, 0.1) is 13.2 Å². The maximum absolute atomic E-state index is 5.19. The fraction of sp³-hybridized carbons (Fsp3) is 0.500. The van der Waals surface area contributed by atoms with Gasteiger partial charge in [0.25, 0.3) is 0 Å². The van der Waals surface area contributed by atoms with Crippen molar-refractivity contribution in [3.63, 3.8) is 0 Å². The Morgan fingerprint density at radius 1 is 1.31 bits per heavy atom. The van der Waals surface area contributed by atoms with Crippen LogP contribution in [0.25, 0.3) is 0 Å². The summed E-state index contributed by atoms with van der Waals surface area (Å²) in [6.07, 6.45) is 5.73. The molecule has 1 nitrogen and oxygen atoms in total. The van der Waals surface area contributed by atoms with E-state index < -0.39 is 0 Å². The van der Waals surface area contributed by atoms with Crippen LogP contribution in [0.3, 0.4) is 0 Å². The van der Waals surface area contributed by atoms with Crippen molar-refractivity contribution in [1.82, 2.24) is 0 Å². The fourth-order valence-electron chi connectivity index (χ4n) is 0.787. The zero-order valence-corrected chi connectivity index (χ0v) is 9.02. The number of rotatable bonds is 0. The molecule has 0 amide bonds. The zero-order chi connectivity index (χ0) is 10.7. The van der Waals surface area contributed by atoms with E-state index in [-0.39, 0.29) is 0 Å². The van der Waals surface area contributed by atoms with E-state index in [4.69, 9.17) is 4.74 Å². The largest absolute Gasteiger partial charge is 0.377 e. The number of terminal acetylenes is 1. The average Bonchev–Trinajstić information content (AvgIpc) is 2.15. The maximum atomic E-state index is 5.19. The predicted octanol–water partition coefficient (Wildman–Crippen LogP) is 3.18. The number of hydrogen-bond donors (Lipinski definition) is 0. The molecule has 1 aliphatic heterocycles. The topological polar surface area (TPSA) is 9.23 Å². The molecule has 0 N–H and O–H groups in total. The maximum Gasteiger partial charge on any atom is 0.0676 e. The van der Waals surface area contributed by atoms with Gasteiger partial charge in [-0.15, -0.1) is 25.5 Å². The second kappa shape index (κ2) is 11.0. The Kier molecular flexibility index (Phi) is 12.3. The summed E-state index contributed by atoms with van der Waals surface area (Å²) in [7, 11) is 0. The van der Waals surface area contributed by atoms with Crippen molar-refractivity contribution in [2.45, 2.75) is 27.2 Å². The van der Waals surface area contributed by atoms with Crippen LogP contribution in [0.5, 0.6) is 0 Å². The Hall–Kier alpha value is -1.00. The van der Waals surface area contributed by atoms with E-state index in [2.05, 4.69) is 39.3 Å². The zero-order valence-electron chi connectivity index (χ0n) is 9.02. The van der Waals surface area contributed by atoms with E-state index in [0.29, 0.717) is 0 Å². The molecule has 1 rings (SSSR count). The van der Waals surface area contributed by atoms with Crippen molar-refractivity contribution >= 4 is 0 Å². The molecule has 0 saturated heterocycles. The van der Waals surface area contributed by atoms with Crippen LogP contribution in [0.15, 0.2) is 24.3 Å². The van der Waals surface area contributed by atoms with Gasteiger partial charge in [0.2, 0.25) is 0 Å². The summed E-state index contributed by atoms with van der Waals surface area (Å²) in [5.41, 5.74) is 2.92. The highest BCUT2D eigenvalue weighted by molar-refractivity contribution is 5.11. The van der Waals surface area contributed by atoms with Crippen molar-refractivity contribution in [3.05, 3.63) is 24.3 Å². The molecule has 1 heterocycles. The van der Waals surface area contributed by atoms with E-state index in [1.807, 2.05) is 0 Å². The van der Waals surface area contributed by atoms with Crippen molar-refractivity contribution in [2.75, 3.05) is 13.2 Å². The summed E-state index contributed by atoms with van der Waals surface area (Å²) in [6.45, 7) is 13.7. The molecule has 0 radical (unpaired) electrons. The lowest BCUT2D eigenvalue weighted by Gasteiger charge is -2.13. The van der Waals surface area contributed by atoms with Crippen molar-refractivity contribution in [3.8, 4) is 12.3 Å². The van der Waals surface area contributed by atoms with E-state index >= 15 is 0 Å². The molecule has 0 aliphatic carbocycles. The quantitative estimate of drug-likeness (QED) is 0.411. The van der Waals surface area contributed by atoms with Crippen LogP contribution < -0.4 is 0 Å². The van der Waals surface area contributed by atoms with Crippen LogP contribution in [-0.2, 0) is 4.74 Å². The Balaban J connectivity index is 0. The molecule has 13 heavy (non-hydrogen) atoms. The van der Waals surface area contributed by atoms with Crippen molar-refractivity contribution in [2.24, 2.45) is 0 Å². The first-order valence-corrected chi connectivity index (χ1v) is 4.32. The van der Waals surface area contributed by atoms with Gasteiger partial charge in [0, 0.05) is 0 Å². The van der Waals surface area contributed by atoms with Gasteiger partial charge in [-0.05, 0) is 32.8 Å². The Labute approximate surface area is 82.5 Å². The van der Waals surface area contributed by atoms with Crippen LogP contribution in [-0.4, -0.2) is 13.2 Å². The summed E-state index contributed by atoms with van der Waals surface area (Å²) in [5.74, 6) is 2.25. The van der Waals surface area contributed by atoms with Crippen LogP contribution in [0.1, 0.15) is 27.2 Å². The van der Waals surface area contributed by atoms with Gasteiger partial charge >= 0.3 is 0 Å². The standard InChI is InChI=1S/C7H12O.C3H4.C2H4/c1-6-3-4-8-5-7(6)2;1-3-2;1-2/h3-5H2,1-2H3;1H,2H3;1-2H2. The SMILES string of the molecule is C#CC.C=C.CC1=C(C)COCC1. The second-order valence-corrected chi connectivity index (χ2v) is 2.65. The van der Waals surface area contributed by atoms with Crippen molar-refractivity contribution in [1.29, 1.82) is 0 Å². The molecule has 74 valence electrons. The normalized spacial score (nSPS) is 14.3. The smallest absolute Gasteiger partial charge is 0.0676 e. The first kappa shape index (κ1) is 14.5. The summed E-state index contributed by atoms with van der Waals surface area (Å²) >= 11 is 0. The van der Waals surface area contributed by atoms with E-state index in [1.54, 1.807) is 6.92 Å². The monoisotopic (exact) mass is 180 g/mol. The van der Waals surface area contributed by atoms with E-state index in [0.717, 1.165) is 19.6 Å². The third kappa shape index (κ3) is 8.91. The molecule has 0 saturated carbocycles. The fourth-order valence-corrected chi connectivity index (χ4v) is 0.787. The minimum atomic E-state index is 0.853. The van der Waals surface area contributed by atoms with E-state index in [1.165, 1.54) is 11.1 Å². The van der Waals surface area contributed by atoms with Crippen LogP contribution >= 0.6 is 0 Å². The average molecular weight is 180 g/mol. The molecule has 1 aliphatic rings. The molecular formula is C12H20O. The van der Waals surface area contributed by atoms with Gasteiger partial charge in [0.1, 0.15) is 0 Å². The van der Waals surface area contributed by atoms with Crippen molar-refractivity contribution < 1.29 is 4.74 Å². The molecular weight excluding hydrogens is 160 g/mol. The number of hydrogen-bond acceptors (Lipinski definition) is 1. The Bertz CT molecular complexity index is 170. The highest BCUT2D eigenvalue weighted by Gasteiger charge is 2.02. The molecule has 0 aromatic rings. The predicted molar refractivity (Wildman–Crippen MR) is 59.6 cm³/mol. The van der Waals surface area contributed by atoms with E-state index in [9.17, 15) is 0 Å². The molecule has 1 heteroatoms. The lowest BCUT2D eigenvalue weighted by molar-refractivity contribution is 0.146. The summed E-state index contributed by atoms with van der Waals surface area (Å²) in [6, 6.07) is 0. The summed E-state index contributed by atoms with van der Waals surface area (Å²) in [4.78, 5) is 0. The molecule has 0 atom stereocenters. The molecule has 0 bridgehead atoms. The van der Waals surface area contributed by atoms with Gasteiger partial charge in [0.15, 0.2) is 0 Å². The van der Waals surface area contributed by atoms with Gasteiger partial charge in [-0.3, -0.25) is 0 Å². The van der Waals surface area contributed by atoms with Gasteiger partial charge < -0.3 is 4.74 Å². The van der Waals surface area contributed by atoms with Crippen LogP contribution in [0.4, 0.5) is 0 Å². The first-order chi connectivity index (χ1) is 6.22.